The van der Waals surface area contributed by atoms with Crippen LogP contribution in [-0.2, 0) is 0 Å². The Bertz CT molecular complexity index is 519. The molecule has 0 amide bonds. The van der Waals surface area contributed by atoms with Gasteiger partial charge in [0.1, 0.15) is 5.84 Å². The third-order valence-corrected chi connectivity index (χ3v) is 4.25. The van der Waals surface area contributed by atoms with Crippen molar-refractivity contribution < 1.29 is 5.11 Å². The van der Waals surface area contributed by atoms with E-state index in [1.54, 1.807) is 0 Å². The van der Waals surface area contributed by atoms with E-state index in [2.05, 4.69) is 25.7 Å². The molecule has 1 saturated heterocycles. The molecule has 0 aromatic heterocycles. The van der Waals surface area contributed by atoms with E-state index >= 15 is 0 Å². The second-order valence-corrected chi connectivity index (χ2v) is 7.01. The number of piperazine rings is 1. The lowest BCUT2D eigenvalue weighted by Gasteiger charge is -2.38. The number of halogens is 1. The predicted molar refractivity (Wildman–Crippen MR) is 90.1 cm³/mol. The highest BCUT2D eigenvalue weighted by Gasteiger charge is 2.23. The van der Waals surface area contributed by atoms with E-state index in [4.69, 9.17) is 11.1 Å². The minimum Gasteiger partial charge on any atom is -0.389 e. The first-order chi connectivity index (χ1) is 9.76. The van der Waals surface area contributed by atoms with E-state index in [9.17, 15) is 5.11 Å². The average molecular weight is 355 g/mol. The van der Waals surface area contributed by atoms with Crippen molar-refractivity contribution in [2.75, 3.05) is 37.6 Å². The maximum absolute atomic E-state index is 9.88. The van der Waals surface area contributed by atoms with Crippen LogP contribution in [0.15, 0.2) is 22.7 Å². The molecule has 2 rings (SSSR count). The summed E-state index contributed by atoms with van der Waals surface area (Å²) in [5, 5.41) is 17.4. The number of nitrogens with one attached hydrogen (secondary N) is 1. The van der Waals surface area contributed by atoms with Gasteiger partial charge in [0.2, 0.25) is 0 Å². The minimum atomic E-state index is -0.645. The number of β-amino-alcohol motifs (C(OH)–C–C–N with tert-alkyl or cyclic N) is 1. The van der Waals surface area contributed by atoms with Crippen molar-refractivity contribution in [1.82, 2.24) is 4.90 Å². The number of hydrogen-bond acceptors (Lipinski definition) is 4. The predicted octanol–water partition coefficient (Wildman–Crippen LogP) is 1.63. The van der Waals surface area contributed by atoms with Gasteiger partial charge in [-0.2, -0.15) is 0 Å². The summed E-state index contributed by atoms with van der Waals surface area (Å²) in [7, 11) is 0. The maximum atomic E-state index is 9.88. The van der Waals surface area contributed by atoms with Gasteiger partial charge in [0.25, 0.3) is 0 Å². The standard InChI is InChI=1S/C15H23BrN4O/c1-15(2,21)10-19-5-7-20(8-6-19)11-3-4-12(14(17)18)13(16)9-11/h3-4,9,21H,5-8,10H2,1-2H3,(H3,17,18). The van der Waals surface area contributed by atoms with Crippen LogP contribution < -0.4 is 10.6 Å². The largest absolute Gasteiger partial charge is 0.389 e. The Morgan fingerprint density at radius 3 is 2.43 bits per heavy atom. The van der Waals surface area contributed by atoms with Crippen molar-refractivity contribution in [3.8, 4) is 0 Å². The molecule has 1 aliphatic rings. The number of benzene rings is 1. The number of amidine groups is 1. The molecule has 0 atom stereocenters. The molecule has 0 aliphatic carbocycles. The van der Waals surface area contributed by atoms with Crippen molar-refractivity contribution in [2.24, 2.45) is 5.73 Å². The van der Waals surface area contributed by atoms with Crippen molar-refractivity contribution in [3.63, 3.8) is 0 Å². The first-order valence-corrected chi connectivity index (χ1v) is 7.89. The fourth-order valence-corrected chi connectivity index (χ4v) is 3.21. The van der Waals surface area contributed by atoms with Crippen LogP contribution >= 0.6 is 15.9 Å². The quantitative estimate of drug-likeness (QED) is 0.567. The lowest BCUT2D eigenvalue weighted by Crippen LogP contribution is -2.50. The lowest BCUT2D eigenvalue weighted by atomic mass is 10.1. The zero-order valence-electron chi connectivity index (χ0n) is 12.6. The SMILES string of the molecule is CC(C)(O)CN1CCN(c2ccc(C(=N)N)c(Br)c2)CC1. The topological polar surface area (TPSA) is 76.6 Å². The molecule has 0 spiro atoms. The zero-order chi connectivity index (χ0) is 15.6. The summed E-state index contributed by atoms with van der Waals surface area (Å²) >= 11 is 3.47. The Morgan fingerprint density at radius 2 is 1.95 bits per heavy atom. The Morgan fingerprint density at radius 1 is 1.33 bits per heavy atom. The van der Waals surface area contributed by atoms with Gasteiger partial charge in [0.05, 0.1) is 5.60 Å². The lowest BCUT2D eigenvalue weighted by molar-refractivity contribution is 0.0345. The van der Waals surface area contributed by atoms with Crippen molar-refractivity contribution >= 4 is 27.5 Å². The van der Waals surface area contributed by atoms with E-state index in [-0.39, 0.29) is 5.84 Å². The van der Waals surface area contributed by atoms with Gasteiger partial charge in [0, 0.05) is 48.4 Å². The van der Waals surface area contributed by atoms with Gasteiger partial charge in [-0.3, -0.25) is 10.3 Å². The molecule has 1 heterocycles. The van der Waals surface area contributed by atoms with Crippen LogP contribution in [0.3, 0.4) is 0 Å². The second-order valence-electron chi connectivity index (χ2n) is 6.15. The van der Waals surface area contributed by atoms with E-state index in [0.717, 1.165) is 41.9 Å². The summed E-state index contributed by atoms with van der Waals surface area (Å²) in [5.41, 5.74) is 6.74. The molecule has 6 heteroatoms. The highest BCUT2D eigenvalue weighted by Crippen LogP contribution is 2.25. The zero-order valence-corrected chi connectivity index (χ0v) is 14.2. The number of hydrogen-bond donors (Lipinski definition) is 3. The number of rotatable bonds is 4. The number of nitrogens with zero attached hydrogens (tertiary/aromatic N) is 2. The first-order valence-electron chi connectivity index (χ1n) is 7.10. The maximum Gasteiger partial charge on any atom is 0.123 e. The Balaban J connectivity index is 1.99. The van der Waals surface area contributed by atoms with E-state index < -0.39 is 5.60 Å². The summed E-state index contributed by atoms with van der Waals surface area (Å²) in [4.78, 5) is 4.60. The number of nitrogen functional groups attached to an aromatic ring is 1. The van der Waals surface area contributed by atoms with E-state index in [1.165, 1.54) is 0 Å². The van der Waals surface area contributed by atoms with Crippen molar-refractivity contribution in [3.05, 3.63) is 28.2 Å². The van der Waals surface area contributed by atoms with Crippen LogP contribution in [0.25, 0.3) is 0 Å². The van der Waals surface area contributed by atoms with Gasteiger partial charge in [-0.05, 0) is 48.0 Å². The highest BCUT2D eigenvalue weighted by atomic mass is 79.9. The summed E-state index contributed by atoms with van der Waals surface area (Å²) in [6, 6.07) is 5.90. The van der Waals surface area contributed by atoms with Gasteiger partial charge in [-0.25, -0.2) is 0 Å². The third kappa shape index (κ3) is 4.43. The van der Waals surface area contributed by atoms with E-state index in [0.29, 0.717) is 6.54 Å². The van der Waals surface area contributed by atoms with Gasteiger partial charge in [-0.1, -0.05) is 0 Å². The van der Waals surface area contributed by atoms with Gasteiger partial charge >= 0.3 is 0 Å². The van der Waals surface area contributed by atoms with Crippen LogP contribution in [0.2, 0.25) is 0 Å². The smallest absolute Gasteiger partial charge is 0.123 e. The summed E-state index contributed by atoms with van der Waals surface area (Å²) in [6.07, 6.45) is 0. The fraction of sp³-hybridized carbons (Fsp3) is 0.533. The second kappa shape index (κ2) is 6.34. The molecule has 4 N–H and O–H groups in total. The summed E-state index contributed by atoms with van der Waals surface area (Å²) in [6.45, 7) is 8.14. The molecule has 1 fully saturated rings. The van der Waals surface area contributed by atoms with Gasteiger partial charge in [-0.15, -0.1) is 0 Å². The van der Waals surface area contributed by atoms with Crippen LogP contribution in [-0.4, -0.2) is 54.2 Å². The molecule has 1 aromatic rings. The number of anilines is 1. The Labute approximate surface area is 134 Å². The van der Waals surface area contributed by atoms with Crippen LogP contribution in [0.5, 0.6) is 0 Å². The summed E-state index contributed by atoms with van der Waals surface area (Å²) in [5.74, 6) is 0.0726. The molecule has 1 aliphatic heterocycles. The fourth-order valence-electron chi connectivity index (χ4n) is 2.63. The molecule has 0 bridgehead atoms. The molecule has 0 saturated carbocycles. The van der Waals surface area contributed by atoms with Gasteiger partial charge < -0.3 is 15.7 Å². The Hall–Kier alpha value is -1.11. The van der Waals surface area contributed by atoms with Gasteiger partial charge in [0.15, 0.2) is 0 Å². The molecule has 116 valence electrons. The van der Waals surface area contributed by atoms with Crippen LogP contribution in [0.4, 0.5) is 5.69 Å². The van der Waals surface area contributed by atoms with Crippen molar-refractivity contribution in [1.29, 1.82) is 5.41 Å². The molecule has 0 radical (unpaired) electrons. The summed E-state index contributed by atoms with van der Waals surface area (Å²) < 4.78 is 0.853. The normalized spacial score (nSPS) is 17.0. The highest BCUT2D eigenvalue weighted by molar-refractivity contribution is 9.10. The molecule has 5 nitrogen and oxygen atoms in total. The van der Waals surface area contributed by atoms with Crippen molar-refractivity contribution in [2.45, 2.75) is 19.4 Å². The van der Waals surface area contributed by atoms with Crippen LogP contribution in [0, 0.1) is 5.41 Å². The average Bonchev–Trinajstić information content (AvgIpc) is 2.37. The number of aliphatic hydroxyl groups is 1. The minimum absolute atomic E-state index is 0.0726. The molecular formula is C15H23BrN4O. The Kier molecular flexibility index (Phi) is 4.91. The third-order valence-electron chi connectivity index (χ3n) is 3.59. The molecule has 0 unspecified atom stereocenters. The molecule has 1 aromatic carbocycles. The van der Waals surface area contributed by atoms with E-state index in [1.807, 2.05) is 32.0 Å². The van der Waals surface area contributed by atoms with Crippen LogP contribution in [0.1, 0.15) is 19.4 Å². The molecule has 21 heavy (non-hydrogen) atoms. The number of nitrogens with two attached hydrogens (primary N) is 1. The molecular weight excluding hydrogens is 332 g/mol. The monoisotopic (exact) mass is 354 g/mol. The first kappa shape index (κ1) is 16.3.